The van der Waals surface area contributed by atoms with Gasteiger partial charge in [-0.05, 0) is 44.9 Å². The van der Waals surface area contributed by atoms with E-state index >= 15 is 0 Å². The molecule has 18 unspecified atom stereocenters. The molecule has 3 aliphatic rings. The molecule has 0 radical (unpaired) electrons. The van der Waals surface area contributed by atoms with Gasteiger partial charge >= 0.3 is 25.7 Å². The molecule has 2 saturated heterocycles. The quantitative estimate of drug-likeness (QED) is 0.00890. The lowest BCUT2D eigenvalue weighted by Gasteiger charge is -2.49. The number of aliphatic hydroxyl groups excluding tert-OH is 10. The Morgan fingerprint density at radius 1 is 0.409 bits per heavy atom. The molecule has 25 heteroatoms. The van der Waals surface area contributed by atoms with Crippen molar-refractivity contribution in [3.8, 4) is 0 Å². The maximum atomic E-state index is 14.3. The third-order valence-electron chi connectivity index (χ3n) is 17.8. The molecular weight excluding hydrogens is 1230 g/mol. The second-order valence-corrected chi connectivity index (χ2v) is 27.4. The van der Waals surface area contributed by atoms with Crippen LogP contribution in [0.3, 0.4) is 0 Å². The zero-order valence-corrected chi connectivity index (χ0v) is 57.4. The van der Waals surface area contributed by atoms with Crippen LogP contribution in [0.25, 0.3) is 0 Å². The van der Waals surface area contributed by atoms with Gasteiger partial charge in [0, 0.05) is 19.3 Å². The van der Waals surface area contributed by atoms with Gasteiger partial charge in [-0.3, -0.25) is 23.4 Å². The topological polar surface area (TPSA) is 374 Å². The first-order valence-electron chi connectivity index (χ1n) is 36.0. The Bertz CT molecular complexity index is 1990. The van der Waals surface area contributed by atoms with Gasteiger partial charge in [0.1, 0.15) is 98.7 Å². The van der Waals surface area contributed by atoms with Gasteiger partial charge in [0.25, 0.3) is 0 Å². The Morgan fingerprint density at radius 2 is 0.753 bits per heavy atom. The number of esters is 3. The molecule has 0 amide bonds. The average Bonchev–Trinajstić information content (AvgIpc) is 0.770. The zero-order valence-electron chi connectivity index (χ0n) is 56.5. The van der Waals surface area contributed by atoms with E-state index in [1.807, 2.05) is 0 Å². The van der Waals surface area contributed by atoms with Crippen LogP contribution in [0.5, 0.6) is 0 Å². The number of rotatable bonds is 55. The van der Waals surface area contributed by atoms with Crippen LogP contribution in [0, 0.1) is 0 Å². The van der Waals surface area contributed by atoms with Gasteiger partial charge in [-0.15, -0.1) is 0 Å². The molecule has 0 aromatic rings. The van der Waals surface area contributed by atoms with Crippen molar-refractivity contribution >= 4 is 25.7 Å². The number of phosphoric ester groups is 1. The summed E-state index contributed by atoms with van der Waals surface area (Å²) in [6, 6.07) is 0. The predicted molar refractivity (Wildman–Crippen MR) is 347 cm³/mol. The van der Waals surface area contributed by atoms with Crippen LogP contribution in [0.15, 0.2) is 12.2 Å². The van der Waals surface area contributed by atoms with Gasteiger partial charge in [-0.25, -0.2) is 4.57 Å². The third-order valence-corrected chi connectivity index (χ3v) is 18.8. The maximum Gasteiger partial charge on any atom is 0.472 e. The fourth-order valence-corrected chi connectivity index (χ4v) is 12.8. The lowest BCUT2D eigenvalue weighted by Crippen LogP contribution is -2.69. The minimum absolute atomic E-state index is 0.0318. The van der Waals surface area contributed by atoms with E-state index in [0.29, 0.717) is 19.3 Å². The highest BCUT2D eigenvalue weighted by Gasteiger charge is 2.58. The van der Waals surface area contributed by atoms with Gasteiger partial charge in [-0.2, -0.15) is 0 Å². The molecule has 2 heterocycles. The Hall–Kier alpha value is -2.30. The number of allylic oxidation sites excluding steroid dienone is 2. The number of unbranched alkanes of at least 4 members (excludes halogenated alkanes) is 32. The van der Waals surface area contributed by atoms with Crippen molar-refractivity contribution in [1.82, 2.24) is 0 Å². The van der Waals surface area contributed by atoms with Crippen LogP contribution in [0.4, 0.5) is 0 Å². The number of ether oxygens (including phenoxy) is 7. The summed E-state index contributed by atoms with van der Waals surface area (Å²) in [4.78, 5) is 50.8. The van der Waals surface area contributed by atoms with Crippen molar-refractivity contribution in [2.45, 2.75) is 375 Å². The Morgan fingerprint density at radius 3 is 1.17 bits per heavy atom. The highest BCUT2D eigenvalue weighted by molar-refractivity contribution is 7.47. The second-order valence-electron chi connectivity index (χ2n) is 26.0. The van der Waals surface area contributed by atoms with Crippen LogP contribution in [-0.4, -0.2) is 204 Å². The first-order chi connectivity index (χ1) is 44.8. The van der Waals surface area contributed by atoms with E-state index in [2.05, 4.69) is 32.9 Å². The first-order valence-corrected chi connectivity index (χ1v) is 37.5. The van der Waals surface area contributed by atoms with E-state index in [4.69, 9.17) is 42.2 Å². The molecule has 1 saturated carbocycles. The van der Waals surface area contributed by atoms with Gasteiger partial charge in [0.2, 0.25) is 0 Å². The molecule has 11 N–H and O–H groups in total. The van der Waals surface area contributed by atoms with Crippen molar-refractivity contribution < 1.29 is 117 Å². The minimum Gasteiger partial charge on any atom is -0.463 e. The molecular formula is C68H125O24P. The summed E-state index contributed by atoms with van der Waals surface area (Å²) in [6.07, 6.45) is 7.37. The normalized spacial score (nSPS) is 28.5. The minimum atomic E-state index is -5.69. The van der Waals surface area contributed by atoms with Gasteiger partial charge in [0.15, 0.2) is 18.7 Å². The summed E-state index contributed by atoms with van der Waals surface area (Å²) < 4.78 is 64.8. The SMILES string of the molecule is CCCCCC/C=C\CCCCCCCCCC(=O)OCC(COP(=O)(O)OC1C(OC2OC(CO)C(O)C(O)C2O)C(O)C(O)C(O)C1OC1OC(COC(=O)CCCCCCCCCCCCCC)C(O)C(O)C1O)OC(=O)CCCCCCCCCCCCC. The summed E-state index contributed by atoms with van der Waals surface area (Å²) in [5, 5.41) is 110. The van der Waals surface area contributed by atoms with Crippen LogP contribution < -0.4 is 0 Å². The van der Waals surface area contributed by atoms with Gasteiger partial charge in [0.05, 0.1) is 13.2 Å². The number of carbonyl (C=O) groups is 3. The molecule has 3 rings (SSSR count). The van der Waals surface area contributed by atoms with E-state index in [1.54, 1.807) is 0 Å². The van der Waals surface area contributed by atoms with Crippen LogP contribution in [0.2, 0.25) is 0 Å². The summed E-state index contributed by atoms with van der Waals surface area (Å²) >= 11 is 0. The van der Waals surface area contributed by atoms with Crippen molar-refractivity contribution in [3.63, 3.8) is 0 Å². The lowest BCUT2D eigenvalue weighted by atomic mass is 9.84. The molecule has 0 spiro atoms. The van der Waals surface area contributed by atoms with Crippen molar-refractivity contribution in [2.75, 3.05) is 26.4 Å². The maximum absolute atomic E-state index is 14.3. The number of carbonyl (C=O) groups excluding carboxylic acids is 3. The smallest absolute Gasteiger partial charge is 0.463 e. The standard InChI is InChI=1S/C68H125O24P/c1-4-7-10-13-16-19-22-24-25-26-29-31-33-36-39-42-52(70)84-46-49(87-54(72)44-41-38-35-32-27-21-18-15-12-9-6-3)47-86-93(82,83)92-66-64(90-67-62(80)57(75)55(73)50(45-69)88-67)60(78)59(77)61(79)65(66)91-68-63(81)58(76)56(74)51(89-68)48-85-53(71)43-40-37-34-30-28-23-20-17-14-11-8-5-2/h19,22,49-51,55-69,73-81H,4-18,20-21,23-48H2,1-3H3,(H,82,83)/b22-19-. The molecule has 0 aromatic carbocycles. The first kappa shape index (κ1) is 84.9. The molecule has 2 aliphatic heterocycles. The molecule has 18 atom stereocenters. The van der Waals surface area contributed by atoms with Gasteiger partial charge < -0.3 is 89.1 Å². The Labute approximate surface area is 554 Å². The fourth-order valence-electron chi connectivity index (χ4n) is 11.9. The molecule has 0 bridgehead atoms. The molecule has 546 valence electrons. The lowest BCUT2D eigenvalue weighted by molar-refractivity contribution is -0.360. The van der Waals surface area contributed by atoms with E-state index < -0.39 is 156 Å². The number of hydrogen-bond acceptors (Lipinski definition) is 23. The van der Waals surface area contributed by atoms with Crippen LogP contribution in [0.1, 0.15) is 271 Å². The summed E-state index contributed by atoms with van der Waals surface area (Å²) in [5.74, 6) is -1.99. The van der Waals surface area contributed by atoms with Crippen molar-refractivity contribution in [2.24, 2.45) is 0 Å². The molecule has 0 aromatic heterocycles. The van der Waals surface area contributed by atoms with Gasteiger partial charge in [-0.1, -0.05) is 219 Å². The number of phosphoric acid groups is 1. The monoisotopic (exact) mass is 1360 g/mol. The average molecular weight is 1360 g/mol. The summed E-state index contributed by atoms with van der Waals surface area (Å²) in [7, 11) is -5.69. The Balaban J connectivity index is 1.75. The van der Waals surface area contributed by atoms with Crippen LogP contribution in [-0.2, 0) is 61.2 Å². The zero-order chi connectivity index (χ0) is 68.2. The van der Waals surface area contributed by atoms with E-state index in [9.17, 15) is 74.9 Å². The summed E-state index contributed by atoms with van der Waals surface area (Å²) in [6.45, 7) is 3.39. The van der Waals surface area contributed by atoms with Crippen molar-refractivity contribution in [3.05, 3.63) is 12.2 Å². The van der Waals surface area contributed by atoms with Crippen LogP contribution >= 0.6 is 7.82 Å². The summed E-state index contributed by atoms with van der Waals surface area (Å²) in [5.41, 5.74) is 0. The molecule has 24 nitrogen and oxygen atoms in total. The van der Waals surface area contributed by atoms with E-state index in [0.717, 1.165) is 116 Å². The molecule has 1 aliphatic carbocycles. The molecule has 93 heavy (non-hydrogen) atoms. The largest absolute Gasteiger partial charge is 0.472 e. The highest BCUT2D eigenvalue weighted by atomic mass is 31.2. The second kappa shape index (κ2) is 50.9. The molecule has 3 fully saturated rings. The van der Waals surface area contributed by atoms with Crippen molar-refractivity contribution in [1.29, 1.82) is 0 Å². The highest BCUT2D eigenvalue weighted by Crippen LogP contribution is 2.49. The fraction of sp³-hybridized carbons (Fsp3) is 0.926. The third kappa shape index (κ3) is 34.9. The number of aliphatic hydroxyl groups is 10. The predicted octanol–water partition coefficient (Wildman–Crippen LogP) is 8.79. The Kier molecular flexibility index (Phi) is 46.5. The van der Waals surface area contributed by atoms with E-state index in [1.165, 1.54) is 96.3 Å². The van der Waals surface area contributed by atoms with E-state index in [-0.39, 0.29) is 19.3 Å². The number of hydrogen-bond donors (Lipinski definition) is 11.